The molecule has 1 saturated heterocycles. The average Bonchev–Trinajstić information content (AvgIpc) is 2.98. The molecular weight excluding hydrogens is 266 g/mol. The molecule has 2 heterocycles. The predicted octanol–water partition coefficient (Wildman–Crippen LogP) is 1.65. The van der Waals surface area contributed by atoms with Gasteiger partial charge < -0.3 is 15.6 Å². The van der Waals surface area contributed by atoms with E-state index in [-0.39, 0.29) is 5.54 Å². The molecule has 5 nitrogen and oxygen atoms in total. The van der Waals surface area contributed by atoms with Gasteiger partial charge in [0.25, 0.3) is 0 Å². The summed E-state index contributed by atoms with van der Waals surface area (Å²) in [6, 6.07) is 1.93. The molecule has 1 atom stereocenters. The number of hydrogen-bond acceptors (Lipinski definition) is 5. The third-order valence-electron chi connectivity index (χ3n) is 5.13. The number of nitrogen functional groups attached to an aromatic ring is 1. The number of ether oxygens (including phenoxy) is 1. The number of morpholine rings is 1. The normalized spacial score (nSPS) is 24.1. The molecule has 0 amide bonds. The first kappa shape index (κ1) is 14.8. The quantitative estimate of drug-likeness (QED) is 0.886. The molecule has 1 saturated carbocycles. The summed E-state index contributed by atoms with van der Waals surface area (Å²) >= 11 is 0. The van der Waals surface area contributed by atoms with Crippen molar-refractivity contribution in [2.24, 2.45) is 0 Å². The van der Waals surface area contributed by atoms with Crippen molar-refractivity contribution >= 4 is 5.82 Å². The summed E-state index contributed by atoms with van der Waals surface area (Å²) in [4.78, 5) is 6.60. The number of rotatable bonds is 3. The lowest BCUT2D eigenvalue weighted by Gasteiger charge is -2.46. The first-order chi connectivity index (χ1) is 10.1. The van der Waals surface area contributed by atoms with E-state index in [9.17, 15) is 5.11 Å². The summed E-state index contributed by atoms with van der Waals surface area (Å²) in [7, 11) is 0. The fourth-order valence-corrected chi connectivity index (χ4v) is 3.97. The van der Waals surface area contributed by atoms with Crippen LogP contribution in [0.3, 0.4) is 0 Å². The van der Waals surface area contributed by atoms with Crippen LogP contribution >= 0.6 is 0 Å². The molecule has 0 spiro atoms. The summed E-state index contributed by atoms with van der Waals surface area (Å²) in [6.45, 7) is 5.26. The molecule has 0 bridgehead atoms. The smallest absolute Gasteiger partial charge is 0.129 e. The maximum absolute atomic E-state index is 11.2. The zero-order valence-corrected chi connectivity index (χ0v) is 12.7. The Balaban J connectivity index is 1.96. The number of nitrogens with zero attached hydrogens (tertiary/aromatic N) is 2. The number of anilines is 1. The molecule has 1 aromatic rings. The molecule has 1 unspecified atom stereocenters. The van der Waals surface area contributed by atoms with E-state index in [0.717, 1.165) is 63.1 Å². The van der Waals surface area contributed by atoms with Gasteiger partial charge >= 0.3 is 0 Å². The summed E-state index contributed by atoms with van der Waals surface area (Å²) in [6.07, 6.45) is 5.48. The van der Waals surface area contributed by atoms with Crippen LogP contribution in [-0.2, 0) is 4.74 Å². The lowest BCUT2D eigenvalue weighted by atomic mass is 9.82. The van der Waals surface area contributed by atoms with Crippen LogP contribution < -0.4 is 5.73 Å². The SMILES string of the molecule is Cc1ccnc(N)c1C(O)C1(N2CCOCC2)CCCC1. The summed E-state index contributed by atoms with van der Waals surface area (Å²) in [5, 5.41) is 11.2. The molecule has 5 heteroatoms. The Bertz CT molecular complexity index is 474. The van der Waals surface area contributed by atoms with Gasteiger partial charge in [-0.05, 0) is 31.4 Å². The summed E-state index contributed by atoms with van der Waals surface area (Å²) < 4.78 is 5.48. The lowest BCUT2D eigenvalue weighted by molar-refractivity contribution is -0.0774. The maximum atomic E-state index is 11.2. The Hall–Kier alpha value is -1.17. The minimum Gasteiger partial charge on any atom is -0.386 e. The summed E-state index contributed by atoms with van der Waals surface area (Å²) in [5.41, 5.74) is 7.70. The number of aliphatic hydroxyl groups excluding tert-OH is 1. The standard InChI is InChI=1S/C16H25N3O2/c1-12-4-7-18-15(17)13(12)14(20)16(5-2-3-6-16)19-8-10-21-11-9-19/h4,7,14,20H,2-3,5-6,8-11H2,1H3,(H2,17,18). The molecular formula is C16H25N3O2. The second kappa shape index (κ2) is 5.91. The van der Waals surface area contributed by atoms with Gasteiger partial charge in [-0.15, -0.1) is 0 Å². The highest BCUT2D eigenvalue weighted by Crippen LogP contribution is 2.46. The largest absolute Gasteiger partial charge is 0.386 e. The molecule has 21 heavy (non-hydrogen) atoms. The second-order valence-electron chi connectivity index (χ2n) is 6.24. The van der Waals surface area contributed by atoms with Crippen molar-refractivity contribution in [2.75, 3.05) is 32.0 Å². The number of aliphatic hydroxyl groups is 1. The van der Waals surface area contributed by atoms with E-state index in [4.69, 9.17) is 10.5 Å². The van der Waals surface area contributed by atoms with Gasteiger partial charge in [-0.25, -0.2) is 4.98 Å². The van der Waals surface area contributed by atoms with Crippen molar-refractivity contribution in [3.8, 4) is 0 Å². The van der Waals surface area contributed by atoms with E-state index in [2.05, 4.69) is 9.88 Å². The minimum absolute atomic E-state index is 0.203. The minimum atomic E-state index is -0.577. The van der Waals surface area contributed by atoms with Crippen molar-refractivity contribution in [1.29, 1.82) is 0 Å². The molecule has 116 valence electrons. The van der Waals surface area contributed by atoms with E-state index in [0.29, 0.717) is 5.82 Å². The number of pyridine rings is 1. The first-order valence-corrected chi connectivity index (χ1v) is 7.87. The van der Waals surface area contributed by atoms with Gasteiger partial charge in [0.05, 0.1) is 18.8 Å². The van der Waals surface area contributed by atoms with E-state index >= 15 is 0 Å². The van der Waals surface area contributed by atoms with Crippen molar-refractivity contribution in [2.45, 2.75) is 44.2 Å². The Morgan fingerprint density at radius 3 is 2.62 bits per heavy atom. The molecule has 0 radical (unpaired) electrons. The molecule has 1 aromatic heterocycles. The Morgan fingerprint density at radius 1 is 1.33 bits per heavy atom. The molecule has 0 aromatic carbocycles. The third-order valence-corrected chi connectivity index (χ3v) is 5.13. The van der Waals surface area contributed by atoms with Gasteiger partial charge in [0, 0.05) is 24.8 Å². The third kappa shape index (κ3) is 2.54. The number of nitrogens with two attached hydrogens (primary N) is 1. The Morgan fingerprint density at radius 2 is 2.00 bits per heavy atom. The molecule has 3 rings (SSSR count). The maximum Gasteiger partial charge on any atom is 0.129 e. The molecule has 1 aliphatic heterocycles. The fraction of sp³-hybridized carbons (Fsp3) is 0.688. The highest BCUT2D eigenvalue weighted by atomic mass is 16.5. The predicted molar refractivity (Wildman–Crippen MR) is 81.9 cm³/mol. The summed E-state index contributed by atoms with van der Waals surface area (Å²) in [5.74, 6) is 0.460. The van der Waals surface area contributed by atoms with E-state index in [1.54, 1.807) is 6.20 Å². The van der Waals surface area contributed by atoms with Crippen LogP contribution in [0.5, 0.6) is 0 Å². The van der Waals surface area contributed by atoms with E-state index in [1.807, 2.05) is 13.0 Å². The molecule has 2 fully saturated rings. The van der Waals surface area contributed by atoms with Gasteiger partial charge in [0.15, 0.2) is 0 Å². The fourth-order valence-electron chi connectivity index (χ4n) is 3.97. The van der Waals surface area contributed by atoms with Gasteiger partial charge in [-0.3, -0.25) is 4.90 Å². The average molecular weight is 291 g/mol. The van der Waals surface area contributed by atoms with Gasteiger partial charge in [-0.1, -0.05) is 12.8 Å². The topological polar surface area (TPSA) is 71.6 Å². The highest BCUT2D eigenvalue weighted by Gasteiger charge is 2.47. The van der Waals surface area contributed by atoms with Gasteiger partial charge in [0.1, 0.15) is 11.9 Å². The monoisotopic (exact) mass is 291 g/mol. The zero-order chi connectivity index (χ0) is 14.9. The number of aromatic nitrogens is 1. The van der Waals surface area contributed by atoms with Gasteiger partial charge in [-0.2, -0.15) is 0 Å². The highest BCUT2D eigenvalue weighted by molar-refractivity contribution is 5.47. The van der Waals surface area contributed by atoms with Crippen LogP contribution in [0.25, 0.3) is 0 Å². The lowest BCUT2D eigenvalue weighted by Crippen LogP contribution is -2.55. The van der Waals surface area contributed by atoms with Gasteiger partial charge in [0.2, 0.25) is 0 Å². The Labute approximate surface area is 126 Å². The molecule has 1 aliphatic carbocycles. The van der Waals surface area contributed by atoms with Crippen LogP contribution in [0.1, 0.15) is 42.9 Å². The second-order valence-corrected chi connectivity index (χ2v) is 6.24. The van der Waals surface area contributed by atoms with Crippen LogP contribution in [-0.4, -0.2) is 46.8 Å². The van der Waals surface area contributed by atoms with Crippen molar-refractivity contribution in [3.05, 3.63) is 23.4 Å². The molecule has 3 N–H and O–H groups in total. The van der Waals surface area contributed by atoms with Crippen LogP contribution in [0.4, 0.5) is 5.82 Å². The van der Waals surface area contributed by atoms with E-state index < -0.39 is 6.10 Å². The van der Waals surface area contributed by atoms with Crippen LogP contribution in [0, 0.1) is 6.92 Å². The Kier molecular flexibility index (Phi) is 4.15. The van der Waals surface area contributed by atoms with Crippen LogP contribution in [0.15, 0.2) is 12.3 Å². The molecule has 2 aliphatic rings. The number of hydrogen-bond donors (Lipinski definition) is 2. The first-order valence-electron chi connectivity index (χ1n) is 7.87. The number of aryl methyl sites for hydroxylation is 1. The van der Waals surface area contributed by atoms with Crippen molar-refractivity contribution < 1.29 is 9.84 Å². The van der Waals surface area contributed by atoms with Crippen molar-refractivity contribution in [3.63, 3.8) is 0 Å². The zero-order valence-electron chi connectivity index (χ0n) is 12.7. The van der Waals surface area contributed by atoms with Crippen LogP contribution in [0.2, 0.25) is 0 Å². The van der Waals surface area contributed by atoms with E-state index in [1.165, 1.54) is 0 Å². The van der Waals surface area contributed by atoms with Crippen molar-refractivity contribution in [1.82, 2.24) is 9.88 Å².